The van der Waals surface area contributed by atoms with Crippen molar-refractivity contribution < 1.29 is 4.74 Å². The normalized spacial score (nSPS) is 23.6. The summed E-state index contributed by atoms with van der Waals surface area (Å²) >= 11 is 6.24. The second-order valence-corrected chi connectivity index (χ2v) is 6.67. The summed E-state index contributed by atoms with van der Waals surface area (Å²) in [5.74, 6) is 0.898. The van der Waals surface area contributed by atoms with E-state index in [1.54, 1.807) is 7.11 Å². The van der Waals surface area contributed by atoms with Gasteiger partial charge in [-0.2, -0.15) is 0 Å². The molecule has 1 unspecified atom stereocenters. The van der Waals surface area contributed by atoms with Crippen LogP contribution >= 0.6 is 11.6 Å². The van der Waals surface area contributed by atoms with Crippen LogP contribution in [0.4, 0.5) is 5.69 Å². The largest absolute Gasteiger partial charge is 0.495 e. The first-order valence-electron chi connectivity index (χ1n) is 8.02. The molecule has 0 N–H and O–H groups in total. The summed E-state index contributed by atoms with van der Waals surface area (Å²) in [6.07, 6.45) is 5.28. The summed E-state index contributed by atoms with van der Waals surface area (Å²) in [4.78, 5) is 5.18. The molecule has 116 valence electrons. The van der Waals surface area contributed by atoms with Crippen LogP contribution in [-0.2, 0) is 0 Å². The smallest absolute Gasteiger partial charge is 0.143 e. The van der Waals surface area contributed by atoms with Gasteiger partial charge >= 0.3 is 0 Å². The highest BCUT2D eigenvalue weighted by Crippen LogP contribution is 2.35. The van der Waals surface area contributed by atoms with Crippen molar-refractivity contribution in [3.63, 3.8) is 0 Å². The van der Waals surface area contributed by atoms with Crippen molar-refractivity contribution in [1.82, 2.24) is 4.90 Å². The fourth-order valence-corrected chi connectivity index (χ4v) is 3.80. The molecular formula is C17H25ClN2O. The van der Waals surface area contributed by atoms with E-state index in [2.05, 4.69) is 22.8 Å². The summed E-state index contributed by atoms with van der Waals surface area (Å²) in [6.45, 7) is 6.78. The highest BCUT2D eigenvalue weighted by molar-refractivity contribution is 6.31. The van der Waals surface area contributed by atoms with E-state index in [0.29, 0.717) is 6.04 Å². The molecular weight excluding hydrogens is 284 g/mol. The molecule has 2 aliphatic heterocycles. The van der Waals surface area contributed by atoms with Gasteiger partial charge in [0.15, 0.2) is 0 Å². The van der Waals surface area contributed by atoms with Crippen LogP contribution in [0.15, 0.2) is 12.1 Å². The van der Waals surface area contributed by atoms with Crippen LogP contribution in [0.5, 0.6) is 5.75 Å². The molecule has 3 rings (SSSR count). The quantitative estimate of drug-likeness (QED) is 0.828. The van der Waals surface area contributed by atoms with Crippen molar-refractivity contribution in [3.8, 4) is 5.75 Å². The zero-order valence-corrected chi connectivity index (χ0v) is 13.8. The first-order chi connectivity index (χ1) is 10.2. The van der Waals surface area contributed by atoms with E-state index in [1.165, 1.54) is 44.5 Å². The number of methoxy groups -OCH3 is 1. The van der Waals surface area contributed by atoms with E-state index in [-0.39, 0.29) is 0 Å². The standard InChI is InChI=1S/C17H25ClN2O/c1-13-10-16(17(21-2)11-15(13)18)20-9-5-8-19-7-4-3-6-14(19)12-20/h10-11,14H,3-9,12H2,1-2H3. The Balaban J connectivity index is 1.87. The minimum Gasteiger partial charge on any atom is -0.495 e. The van der Waals surface area contributed by atoms with Gasteiger partial charge in [0, 0.05) is 36.8 Å². The average molecular weight is 309 g/mol. The lowest BCUT2D eigenvalue weighted by Crippen LogP contribution is -2.44. The van der Waals surface area contributed by atoms with E-state index in [0.717, 1.165) is 29.4 Å². The SMILES string of the molecule is COc1cc(Cl)c(C)cc1N1CCCN2CCCCC2C1. The van der Waals surface area contributed by atoms with Gasteiger partial charge in [0.1, 0.15) is 5.75 Å². The van der Waals surface area contributed by atoms with E-state index < -0.39 is 0 Å². The number of benzene rings is 1. The maximum Gasteiger partial charge on any atom is 0.143 e. The van der Waals surface area contributed by atoms with E-state index in [9.17, 15) is 0 Å². The van der Waals surface area contributed by atoms with Gasteiger partial charge in [0.2, 0.25) is 0 Å². The monoisotopic (exact) mass is 308 g/mol. The molecule has 4 heteroatoms. The number of nitrogens with zero attached hydrogens (tertiary/aromatic N) is 2. The molecule has 0 saturated carbocycles. The molecule has 0 aliphatic carbocycles. The highest BCUT2D eigenvalue weighted by atomic mass is 35.5. The zero-order chi connectivity index (χ0) is 14.8. The Morgan fingerprint density at radius 3 is 2.76 bits per heavy atom. The molecule has 21 heavy (non-hydrogen) atoms. The first kappa shape index (κ1) is 15.0. The van der Waals surface area contributed by atoms with Crippen LogP contribution in [0.3, 0.4) is 0 Å². The lowest BCUT2D eigenvalue weighted by Gasteiger charge is -2.36. The lowest BCUT2D eigenvalue weighted by molar-refractivity contribution is 0.162. The van der Waals surface area contributed by atoms with Crippen molar-refractivity contribution in [2.75, 3.05) is 38.2 Å². The van der Waals surface area contributed by atoms with Gasteiger partial charge in [0.25, 0.3) is 0 Å². The molecule has 2 fully saturated rings. The minimum atomic E-state index is 0.696. The summed E-state index contributed by atoms with van der Waals surface area (Å²) in [5.41, 5.74) is 2.32. The summed E-state index contributed by atoms with van der Waals surface area (Å²) in [5, 5.41) is 0.782. The molecule has 1 aromatic carbocycles. The van der Waals surface area contributed by atoms with Gasteiger partial charge in [-0.25, -0.2) is 0 Å². The number of hydrogen-bond acceptors (Lipinski definition) is 3. The number of rotatable bonds is 2. The number of halogens is 1. The second kappa shape index (κ2) is 6.45. The van der Waals surface area contributed by atoms with E-state index in [1.807, 2.05) is 6.07 Å². The van der Waals surface area contributed by atoms with E-state index >= 15 is 0 Å². The van der Waals surface area contributed by atoms with Crippen LogP contribution < -0.4 is 9.64 Å². The van der Waals surface area contributed by atoms with Crippen LogP contribution in [0, 0.1) is 6.92 Å². The lowest BCUT2D eigenvalue weighted by atomic mass is 10.0. The molecule has 2 saturated heterocycles. The minimum absolute atomic E-state index is 0.696. The fourth-order valence-electron chi connectivity index (χ4n) is 3.65. The number of aryl methyl sites for hydroxylation is 1. The third-order valence-electron chi connectivity index (χ3n) is 4.85. The van der Waals surface area contributed by atoms with Crippen LogP contribution in [0.2, 0.25) is 5.02 Å². The predicted molar refractivity (Wildman–Crippen MR) is 88.8 cm³/mol. The van der Waals surface area contributed by atoms with Gasteiger partial charge in [-0.15, -0.1) is 0 Å². The maximum absolute atomic E-state index is 6.24. The van der Waals surface area contributed by atoms with Crippen molar-refractivity contribution >= 4 is 17.3 Å². The topological polar surface area (TPSA) is 15.7 Å². The van der Waals surface area contributed by atoms with Gasteiger partial charge in [-0.05, 0) is 44.4 Å². The zero-order valence-electron chi connectivity index (χ0n) is 13.1. The number of hydrogen-bond donors (Lipinski definition) is 0. The van der Waals surface area contributed by atoms with Gasteiger partial charge in [-0.3, -0.25) is 4.90 Å². The maximum atomic E-state index is 6.24. The predicted octanol–water partition coefficient (Wildman–Crippen LogP) is 3.72. The van der Waals surface area contributed by atoms with Gasteiger partial charge < -0.3 is 9.64 Å². The summed E-state index contributed by atoms with van der Waals surface area (Å²) in [7, 11) is 1.73. The number of anilines is 1. The fraction of sp³-hybridized carbons (Fsp3) is 0.647. The van der Waals surface area contributed by atoms with Crippen molar-refractivity contribution in [2.45, 2.75) is 38.6 Å². The Morgan fingerprint density at radius 1 is 1.14 bits per heavy atom. The molecule has 2 aliphatic rings. The number of ether oxygens (including phenoxy) is 1. The summed E-state index contributed by atoms with van der Waals surface area (Å²) in [6, 6.07) is 4.83. The number of fused-ring (bicyclic) bond motifs is 1. The third kappa shape index (κ3) is 3.14. The molecule has 0 amide bonds. The Hall–Kier alpha value is -0.930. The average Bonchev–Trinajstić information content (AvgIpc) is 2.71. The van der Waals surface area contributed by atoms with E-state index in [4.69, 9.17) is 16.3 Å². The Kier molecular flexibility index (Phi) is 4.60. The van der Waals surface area contributed by atoms with Gasteiger partial charge in [-0.1, -0.05) is 18.0 Å². The van der Waals surface area contributed by atoms with Crippen LogP contribution in [0.25, 0.3) is 0 Å². The van der Waals surface area contributed by atoms with Crippen molar-refractivity contribution in [2.24, 2.45) is 0 Å². The third-order valence-corrected chi connectivity index (χ3v) is 5.26. The molecule has 1 atom stereocenters. The summed E-state index contributed by atoms with van der Waals surface area (Å²) < 4.78 is 5.57. The van der Waals surface area contributed by atoms with Crippen LogP contribution in [0.1, 0.15) is 31.2 Å². The molecule has 0 radical (unpaired) electrons. The van der Waals surface area contributed by atoms with Crippen molar-refractivity contribution in [1.29, 1.82) is 0 Å². The molecule has 0 spiro atoms. The molecule has 3 nitrogen and oxygen atoms in total. The highest BCUT2D eigenvalue weighted by Gasteiger charge is 2.28. The Morgan fingerprint density at radius 2 is 1.95 bits per heavy atom. The molecule has 0 bridgehead atoms. The Labute approximate surface area is 132 Å². The molecule has 2 heterocycles. The molecule has 1 aromatic rings. The van der Waals surface area contributed by atoms with Gasteiger partial charge in [0.05, 0.1) is 12.8 Å². The number of piperidine rings is 1. The van der Waals surface area contributed by atoms with Crippen molar-refractivity contribution in [3.05, 3.63) is 22.7 Å². The second-order valence-electron chi connectivity index (χ2n) is 6.26. The molecule has 0 aromatic heterocycles. The first-order valence-corrected chi connectivity index (χ1v) is 8.40. The van der Waals surface area contributed by atoms with Crippen LogP contribution in [-0.4, -0.2) is 44.2 Å². The Bertz CT molecular complexity index is 506.